The SMILES string of the molecule is CCCCOc1ccc(/C=C/[C@@]23NC(=O)CN2c2ccc(C)cc2C3(C)C)cc1OC. The number of fused-ring (bicyclic) bond motifs is 3. The van der Waals surface area contributed by atoms with E-state index in [-0.39, 0.29) is 11.3 Å². The third kappa shape index (κ3) is 3.46. The Morgan fingerprint density at radius 1 is 1.16 bits per heavy atom. The van der Waals surface area contributed by atoms with Crippen LogP contribution in [0.4, 0.5) is 5.69 Å². The van der Waals surface area contributed by atoms with Crippen molar-refractivity contribution in [3.05, 3.63) is 59.2 Å². The van der Waals surface area contributed by atoms with Crippen molar-refractivity contribution in [2.24, 2.45) is 0 Å². The van der Waals surface area contributed by atoms with Gasteiger partial charge in [-0.05, 0) is 48.7 Å². The third-order valence-electron chi connectivity index (χ3n) is 6.59. The fraction of sp³-hybridized carbons (Fsp3) is 0.423. The minimum atomic E-state index is -0.607. The van der Waals surface area contributed by atoms with Crippen LogP contribution >= 0.6 is 0 Å². The zero-order valence-electron chi connectivity index (χ0n) is 19.1. The monoisotopic (exact) mass is 420 g/mol. The van der Waals surface area contributed by atoms with Crippen molar-refractivity contribution in [2.45, 2.75) is 51.6 Å². The van der Waals surface area contributed by atoms with Crippen LogP contribution in [-0.2, 0) is 10.2 Å². The first-order valence-corrected chi connectivity index (χ1v) is 11.0. The number of nitrogens with zero attached hydrogens (tertiary/aromatic N) is 1. The quantitative estimate of drug-likeness (QED) is 0.653. The van der Waals surface area contributed by atoms with Gasteiger partial charge in [0.05, 0.1) is 20.3 Å². The average Bonchev–Trinajstić information content (AvgIpc) is 3.17. The number of rotatable bonds is 7. The topological polar surface area (TPSA) is 50.8 Å². The van der Waals surface area contributed by atoms with E-state index in [0.717, 1.165) is 29.8 Å². The molecule has 0 saturated carbocycles. The number of carbonyl (C=O) groups is 1. The smallest absolute Gasteiger partial charge is 0.241 e. The maximum absolute atomic E-state index is 12.5. The highest BCUT2D eigenvalue weighted by Crippen LogP contribution is 2.53. The second-order valence-corrected chi connectivity index (χ2v) is 8.99. The van der Waals surface area contributed by atoms with Crippen LogP contribution in [0.5, 0.6) is 11.5 Å². The van der Waals surface area contributed by atoms with Gasteiger partial charge in [-0.15, -0.1) is 0 Å². The maximum atomic E-state index is 12.5. The Morgan fingerprint density at radius 3 is 2.71 bits per heavy atom. The average molecular weight is 421 g/mol. The number of hydrogen-bond acceptors (Lipinski definition) is 4. The van der Waals surface area contributed by atoms with Gasteiger partial charge in [-0.2, -0.15) is 0 Å². The van der Waals surface area contributed by atoms with Crippen LogP contribution in [0.15, 0.2) is 42.5 Å². The lowest BCUT2D eigenvalue weighted by molar-refractivity contribution is -0.118. The van der Waals surface area contributed by atoms with Crippen molar-refractivity contribution in [1.82, 2.24) is 5.32 Å². The lowest BCUT2D eigenvalue weighted by Crippen LogP contribution is -2.58. The summed E-state index contributed by atoms with van der Waals surface area (Å²) >= 11 is 0. The molecule has 1 saturated heterocycles. The summed E-state index contributed by atoms with van der Waals surface area (Å²) in [5.74, 6) is 1.51. The van der Waals surface area contributed by atoms with E-state index in [4.69, 9.17) is 9.47 Å². The van der Waals surface area contributed by atoms with Crippen molar-refractivity contribution in [2.75, 3.05) is 25.2 Å². The summed E-state index contributed by atoms with van der Waals surface area (Å²) in [5.41, 5.74) is 3.71. The second kappa shape index (κ2) is 7.95. The van der Waals surface area contributed by atoms with E-state index in [0.29, 0.717) is 18.9 Å². The van der Waals surface area contributed by atoms with E-state index in [1.54, 1.807) is 7.11 Å². The number of aryl methyl sites for hydroxylation is 1. The zero-order valence-corrected chi connectivity index (χ0v) is 19.1. The first kappa shape index (κ1) is 21.3. The van der Waals surface area contributed by atoms with Crippen LogP contribution in [0, 0.1) is 6.92 Å². The highest BCUT2D eigenvalue weighted by Gasteiger charge is 2.59. The number of hydrogen-bond donors (Lipinski definition) is 1. The number of benzene rings is 2. The Labute approximate surface area is 185 Å². The fourth-order valence-corrected chi connectivity index (χ4v) is 4.74. The van der Waals surface area contributed by atoms with Crippen LogP contribution in [0.3, 0.4) is 0 Å². The number of methoxy groups -OCH3 is 1. The van der Waals surface area contributed by atoms with Crippen LogP contribution in [-0.4, -0.2) is 31.8 Å². The summed E-state index contributed by atoms with van der Waals surface area (Å²) in [6.07, 6.45) is 6.29. The van der Waals surface area contributed by atoms with E-state index >= 15 is 0 Å². The van der Waals surface area contributed by atoms with Gasteiger partial charge in [-0.3, -0.25) is 4.79 Å². The molecule has 1 fully saturated rings. The molecule has 0 aromatic heterocycles. The number of amides is 1. The molecule has 0 aliphatic carbocycles. The summed E-state index contributed by atoms with van der Waals surface area (Å²) < 4.78 is 11.4. The molecule has 164 valence electrons. The summed E-state index contributed by atoms with van der Waals surface area (Å²) in [4.78, 5) is 14.7. The Kier molecular flexibility index (Phi) is 5.46. The van der Waals surface area contributed by atoms with Gasteiger partial charge in [0.2, 0.25) is 5.91 Å². The molecule has 2 aliphatic heterocycles. The molecule has 1 amide bonds. The number of anilines is 1. The van der Waals surface area contributed by atoms with E-state index < -0.39 is 5.66 Å². The molecule has 1 N–H and O–H groups in total. The van der Waals surface area contributed by atoms with Crippen molar-refractivity contribution in [3.63, 3.8) is 0 Å². The minimum Gasteiger partial charge on any atom is -0.493 e. The number of unbranched alkanes of at least 4 members (excludes halogenated alkanes) is 1. The van der Waals surface area contributed by atoms with Crippen LogP contribution in [0.25, 0.3) is 6.08 Å². The molecule has 1 atom stereocenters. The van der Waals surface area contributed by atoms with Gasteiger partial charge in [0, 0.05) is 11.1 Å². The molecule has 5 heteroatoms. The summed E-state index contributed by atoms with van der Waals surface area (Å²) in [7, 11) is 1.66. The number of ether oxygens (including phenoxy) is 2. The van der Waals surface area contributed by atoms with Gasteiger partial charge >= 0.3 is 0 Å². The van der Waals surface area contributed by atoms with Gasteiger partial charge in [-0.1, -0.05) is 57.0 Å². The van der Waals surface area contributed by atoms with Crippen molar-refractivity contribution in [3.8, 4) is 11.5 Å². The molecule has 0 unspecified atom stereocenters. The van der Waals surface area contributed by atoms with Crippen LogP contribution in [0.1, 0.15) is 50.3 Å². The molecule has 2 aliphatic rings. The van der Waals surface area contributed by atoms with Crippen molar-refractivity contribution in [1.29, 1.82) is 0 Å². The third-order valence-corrected chi connectivity index (χ3v) is 6.59. The summed E-state index contributed by atoms with van der Waals surface area (Å²) in [6, 6.07) is 12.4. The zero-order chi connectivity index (χ0) is 22.2. The standard InChI is InChI=1S/C26H32N2O3/c1-6-7-14-31-22-11-9-19(16-23(22)30-5)12-13-26-25(3,4)20-15-18(2)8-10-21(20)28(26)17-24(29)27-26/h8-13,15-16H,6-7,14,17H2,1-5H3,(H,27,29)/b13-12+/t26-/m1/s1. The van der Waals surface area contributed by atoms with Gasteiger partial charge in [0.15, 0.2) is 11.5 Å². The molecule has 2 aromatic carbocycles. The maximum Gasteiger partial charge on any atom is 0.241 e. The Bertz CT molecular complexity index is 1030. The highest BCUT2D eigenvalue weighted by molar-refractivity contribution is 5.91. The van der Waals surface area contributed by atoms with Gasteiger partial charge in [0.1, 0.15) is 5.66 Å². The lowest BCUT2D eigenvalue weighted by atomic mass is 9.75. The summed E-state index contributed by atoms with van der Waals surface area (Å²) in [6.45, 7) is 9.69. The van der Waals surface area contributed by atoms with Crippen molar-refractivity contribution < 1.29 is 14.3 Å². The first-order chi connectivity index (χ1) is 14.8. The van der Waals surface area contributed by atoms with E-state index in [9.17, 15) is 4.79 Å². The molecule has 0 radical (unpaired) electrons. The molecule has 0 bridgehead atoms. The molecule has 0 spiro atoms. The largest absolute Gasteiger partial charge is 0.493 e. The molecular weight excluding hydrogens is 388 g/mol. The Morgan fingerprint density at radius 2 is 1.97 bits per heavy atom. The Balaban J connectivity index is 1.68. The molecule has 4 rings (SSSR count). The summed E-state index contributed by atoms with van der Waals surface area (Å²) in [5, 5.41) is 3.27. The molecule has 2 heterocycles. The predicted molar refractivity (Wildman–Crippen MR) is 125 cm³/mol. The fourth-order valence-electron chi connectivity index (χ4n) is 4.74. The Hall–Kier alpha value is -2.95. The van der Waals surface area contributed by atoms with Gasteiger partial charge < -0.3 is 19.7 Å². The minimum absolute atomic E-state index is 0.0428. The first-order valence-electron chi connectivity index (χ1n) is 11.0. The van der Waals surface area contributed by atoms with E-state index in [1.807, 2.05) is 18.2 Å². The van der Waals surface area contributed by atoms with Gasteiger partial charge in [0.25, 0.3) is 0 Å². The van der Waals surface area contributed by atoms with Gasteiger partial charge in [-0.25, -0.2) is 0 Å². The number of nitrogens with one attached hydrogen (secondary N) is 1. The normalized spacial score (nSPS) is 21.2. The second-order valence-electron chi connectivity index (χ2n) is 8.99. The molecule has 2 aromatic rings. The number of carbonyl (C=O) groups excluding carboxylic acids is 1. The lowest BCUT2D eigenvalue weighted by Gasteiger charge is -2.40. The molecular formula is C26H32N2O3. The van der Waals surface area contributed by atoms with Crippen LogP contribution in [0.2, 0.25) is 0 Å². The van der Waals surface area contributed by atoms with Crippen LogP contribution < -0.4 is 19.7 Å². The van der Waals surface area contributed by atoms with Crippen molar-refractivity contribution >= 4 is 17.7 Å². The molecule has 5 nitrogen and oxygen atoms in total. The van der Waals surface area contributed by atoms with E-state index in [1.165, 1.54) is 11.1 Å². The predicted octanol–water partition coefficient (Wildman–Crippen LogP) is 4.82. The molecule has 31 heavy (non-hydrogen) atoms. The highest BCUT2D eigenvalue weighted by atomic mass is 16.5. The van der Waals surface area contributed by atoms with E-state index in [2.05, 4.69) is 68.3 Å².